The van der Waals surface area contributed by atoms with Crippen molar-refractivity contribution < 1.29 is 9.21 Å². The minimum Gasteiger partial charge on any atom is -0.469 e. The third kappa shape index (κ3) is 3.20. The maximum Gasteiger partial charge on any atom is 0.224 e. The van der Waals surface area contributed by atoms with Crippen LogP contribution in [0.15, 0.2) is 47.1 Å². The first-order chi connectivity index (χ1) is 10.7. The van der Waals surface area contributed by atoms with E-state index in [0.717, 1.165) is 11.4 Å². The number of amides is 1. The standard InChI is InChI=1S/C15H15N5O2/c1-11-17-18-19-20(11)13-5-2-4-12(10-13)16-15(21)8-7-14-6-3-9-22-14/h2-6,9-10H,7-8H2,1H3,(H,16,21). The molecule has 0 aliphatic carbocycles. The lowest BCUT2D eigenvalue weighted by molar-refractivity contribution is -0.116. The predicted octanol–water partition coefficient (Wildman–Crippen LogP) is 2.14. The molecule has 3 rings (SSSR count). The average molecular weight is 297 g/mol. The van der Waals surface area contributed by atoms with Gasteiger partial charge in [-0.1, -0.05) is 6.07 Å². The summed E-state index contributed by atoms with van der Waals surface area (Å²) in [7, 11) is 0. The topological polar surface area (TPSA) is 85.8 Å². The largest absolute Gasteiger partial charge is 0.469 e. The molecule has 1 N–H and O–H groups in total. The lowest BCUT2D eigenvalue weighted by Crippen LogP contribution is -2.12. The molecule has 2 heterocycles. The van der Waals surface area contributed by atoms with E-state index in [2.05, 4.69) is 20.8 Å². The number of anilines is 1. The van der Waals surface area contributed by atoms with Crippen LogP contribution in [0.25, 0.3) is 5.69 Å². The van der Waals surface area contributed by atoms with Crippen LogP contribution in [0, 0.1) is 6.92 Å². The summed E-state index contributed by atoms with van der Waals surface area (Å²) in [5, 5.41) is 14.2. The Morgan fingerprint density at radius 2 is 2.23 bits per heavy atom. The molecule has 0 bridgehead atoms. The normalized spacial score (nSPS) is 10.6. The fraction of sp³-hybridized carbons (Fsp3) is 0.200. The van der Waals surface area contributed by atoms with Crippen molar-refractivity contribution in [2.45, 2.75) is 19.8 Å². The van der Waals surface area contributed by atoms with E-state index in [1.807, 2.05) is 43.3 Å². The number of carbonyl (C=O) groups is 1. The van der Waals surface area contributed by atoms with Crippen LogP contribution in [-0.4, -0.2) is 26.1 Å². The predicted molar refractivity (Wildman–Crippen MR) is 79.5 cm³/mol. The zero-order valence-electron chi connectivity index (χ0n) is 12.1. The van der Waals surface area contributed by atoms with Gasteiger partial charge in [-0.25, -0.2) is 0 Å². The molecule has 1 amide bonds. The first-order valence-electron chi connectivity index (χ1n) is 6.90. The highest BCUT2D eigenvalue weighted by molar-refractivity contribution is 5.91. The summed E-state index contributed by atoms with van der Waals surface area (Å²) in [6.07, 6.45) is 2.54. The van der Waals surface area contributed by atoms with Crippen molar-refractivity contribution in [1.29, 1.82) is 0 Å². The molecule has 0 atom stereocenters. The van der Waals surface area contributed by atoms with Crippen molar-refractivity contribution in [3.8, 4) is 5.69 Å². The van der Waals surface area contributed by atoms with Gasteiger partial charge in [0.05, 0.1) is 12.0 Å². The number of furan rings is 1. The molecule has 0 aliphatic rings. The summed E-state index contributed by atoms with van der Waals surface area (Å²) in [5.74, 6) is 1.41. The molecule has 0 saturated carbocycles. The van der Waals surface area contributed by atoms with Gasteiger partial charge in [-0.3, -0.25) is 4.79 Å². The van der Waals surface area contributed by atoms with Crippen LogP contribution in [0.1, 0.15) is 18.0 Å². The van der Waals surface area contributed by atoms with Crippen molar-refractivity contribution in [3.05, 3.63) is 54.2 Å². The molecule has 22 heavy (non-hydrogen) atoms. The molecule has 0 radical (unpaired) electrons. The molecule has 0 spiro atoms. The minimum absolute atomic E-state index is 0.0676. The highest BCUT2D eigenvalue weighted by Gasteiger charge is 2.07. The summed E-state index contributed by atoms with van der Waals surface area (Å²) in [5.41, 5.74) is 1.50. The van der Waals surface area contributed by atoms with Crippen LogP contribution in [0.4, 0.5) is 5.69 Å². The van der Waals surface area contributed by atoms with Crippen molar-refractivity contribution in [3.63, 3.8) is 0 Å². The van der Waals surface area contributed by atoms with Crippen molar-refractivity contribution in [2.24, 2.45) is 0 Å². The molecule has 0 unspecified atom stereocenters. The number of tetrazole rings is 1. The first-order valence-corrected chi connectivity index (χ1v) is 6.90. The number of hydrogen-bond acceptors (Lipinski definition) is 5. The Kier molecular flexibility index (Phi) is 3.95. The number of carbonyl (C=O) groups excluding carboxylic acids is 1. The van der Waals surface area contributed by atoms with Crippen molar-refractivity contribution >= 4 is 11.6 Å². The fourth-order valence-corrected chi connectivity index (χ4v) is 2.10. The lowest BCUT2D eigenvalue weighted by atomic mass is 10.2. The monoisotopic (exact) mass is 297 g/mol. The number of aromatic nitrogens is 4. The second-order valence-electron chi connectivity index (χ2n) is 4.82. The zero-order chi connectivity index (χ0) is 15.4. The smallest absolute Gasteiger partial charge is 0.224 e. The first kappa shape index (κ1) is 14.0. The molecule has 7 nitrogen and oxygen atoms in total. The Bertz CT molecular complexity index is 764. The van der Waals surface area contributed by atoms with E-state index >= 15 is 0 Å². The molecule has 1 aromatic carbocycles. The molecule has 7 heteroatoms. The maximum atomic E-state index is 12.0. The number of hydrogen-bond donors (Lipinski definition) is 1. The van der Waals surface area contributed by atoms with Crippen LogP contribution < -0.4 is 5.32 Å². The van der Waals surface area contributed by atoms with E-state index in [0.29, 0.717) is 24.4 Å². The van der Waals surface area contributed by atoms with E-state index in [1.54, 1.807) is 10.9 Å². The zero-order valence-corrected chi connectivity index (χ0v) is 12.1. The van der Waals surface area contributed by atoms with Gasteiger partial charge in [0.2, 0.25) is 5.91 Å². The fourth-order valence-electron chi connectivity index (χ4n) is 2.10. The maximum absolute atomic E-state index is 12.0. The summed E-state index contributed by atoms with van der Waals surface area (Å²) in [4.78, 5) is 12.0. The van der Waals surface area contributed by atoms with E-state index in [4.69, 9.17) is 4.42 Å². The van der Waals surface area contributed by atoms with Gasteiger partial charge in [0, 0.05) is 18.5 Å². The number of rotatable bonds is 5. The van der Waals surface area contributed by atoms with Crippen LogP contribution in [-0.2, 0) is 11.2 Å². The average Bonchev–Trinajstić information content (AvgIpc) is 3.16. The Labute approximate surface area is 126 Å². The molecule has 3 aromatic rings. The van der Waals surface area contributed by atoms with Gasteiger partial charge in [-0.05, 0) is 47.7 Å². The number of benzene rings is 1. The Morgan fingerprint density at radius 3 is 2.95 bits per heavy atom. The van der Waals surface area contributed by atoms with Gasteiger partial charge in [-0.2, -0.15) is 4.68 Å². The summed E-state index contributed by atoms with van der Waals surface area (Å²) >= 11 is 0. The highest BCUT2D eigenvalue weighted by Crippen LogP contribution is 2.15. The molecule has 2 aromatic heterocycles. The van der Waals surface area contributed by atoms with E-state index < -0.39 is 0 Å². The molecule has 0 aliphatic heterocycles. The van der Waals surface area contributed by atoms with E-state index in [-0.39, 0.29) is 5.91 Å². The van der Waals surface area contributed by atoms with Gasteiger partial charge in [-0.15, -0.1) is 5.10 Å². The molecule has 0 saturated heterocycles. The Hall–Kier alpha value is -2.96. The van der Waals surface area contributed by atoms with E-state index in [9.17, 15) is 4.79 Å². The van der Waals surface area contributed by atoms with Gasteiger partial charge < -0.3 is 9.73 Å². The number of aryl methyl sites for hydroxylation is 2. The molecule has 112 valence electrons. The van der Waals surface area contributed by atoms with Crippen LogP contribution in [0.2, 0.25) is 0 Å². The summed E-state index contributed by atoms with van der Waals surface area (Å²) < 4.78 is 6.82. The third-order valence-electron chi connectivity index (χ3n) is 3.18. The minimum atomic E-state index is -0.0676. The van der Waals surface area contributed by atoms with Crippen LogP contribution >= 0.6 is 0 Å². The number of nitrogens with zero attached hydrogens (tertiary/aromatic N) is 4. The number of nitrogens with one attached hydrogen (secondary N) is 1. The third-order valence-corrected chi connectivity index (χ3v) is 3.18. The van der Waals surface area contributed by atoms with Gasteiger partial charge in [0.15, 0.2) is 5.82 Å². The second kappa shape index (κ2) is 6.21. The van der Waals surface area contributed by atoms with Crippen LogP contribution in [0.3, 0.4) is 0 Å². The van der Waals surface area contributed by atoms with Gasteiger partial charge in [0.1, 0.15) is 5.76 Å². The summed E-state index contributed by atoms with van der Waals surface area (Å²) in [6, 6.07) is 11.0. The molecular weight excluding hydrogens is 282 g/mol. The van der Waals surface area contributed by atoms with E-state index in [1.165, 1.54) is 0 Å². The second-order valence-corrected chi connectivity index (χ2v) is 4.82. The SMILES string of the molecule is Cc1nnnn1-c1cccc(NC(=O)CCc2ccco2)c1. The summed E-state index contributed by atoms with van der Waals surface area (Å²) in [6.45, 7) is 1.81. The highest BCUT2D eigenvalue weighted by atomic mass is 16.3. The van der Waals surface area contributed by atoms with Crippen molar-refractivity contribution in [1.82, 2.24) is 20.2 Å². The van der Waals surface area contributed by atoms with Gasteiger partial charge >= 0.3 is 0 Å². The quantitative estimate of drug-likeness (QED) is 0.779. The molecule has 0 fully saturated rings. The Morgan fingerprint density at radius 1 is 1.32 bits per heavy atom. The van der Waals surface area contributed by atoms with Crippen molar-refractivity contribution in [2.75, 3.05) is 5.32 Å². The lowest BCUT2D eigenvalue weighted by Gasteiger charge is -2.07. The molecular formula is C15H15N5O2. The van der Waals surface area contributed by atoms with Crippen LogP contribution in [0.5, 0.6) is 0 Å². The Balaban J connectivity index is 1.65. The van der Waals surface area contributed by atoms with Gasteiger partial charge in [0.25, 0.3) is 0 Å².